The Balaban J connectivity index is 1.36. The summed E-state index contributed by atoms with van der Waals surface area (Å²) in [6, 6.07) is 7.93. The number of aromatic nitrogens is 2. The summed E-state index contributed by atoms with van der Waals surface area (Å²) in [5.41, 5.74) is 2.33. The second kappa shape index (κ2) is 7.17. The number of urea groups is 1. The van der Waals surface area contributed by atoms with Crippen LogP contribution < -0.4 is 15.4 Å². The van der Waals surface area contributed by atoms with Crippen LogP contribution in [0.15, 0.2) is 36.7 Å². The first kappa shape index (κ1) is 15.4. The van der Waals surface area contributed by atoms with Gasteiger partial charge in [0.25, 0.3) is 0 Å². The fraction of sp³-hybridized carbons (Fsp3) is 0.412. The summed E-state index contributed by atoms with van der Waals surface area (Å²) < 4.78 is 7.49. The van der Waals surface area contributed by atoms with Crippen molar-refractivity contribution in [3.63, 3.8) is 0 Å². The highest BCUT2D eigenvalue weighted by molar-refractivity contribution is 5.73. The quantitative estimate of drug-likeness (QED) is 0.879. The number of carbonyl (C=O) groups excluding carboxylic acids is 1. The van der Waals surface area contributed by atoms with Gasteiger partial charge in [-0.2, -0.15) is 5.10 Å². The number of hydrogen-bond acceptors (Lipinski definition) is 3. The van der Waals surface area contributed by atoms with E-state index in [4.69, 9.17) is 4.74 Å². The van der Waals surface area contributed by atoms with Crippen LogP contribution in [0.5, 0.6) is 5.75 Å². The lowest BCUT2D eigenvalue weighted by Gasteiger charge is -2.25. The first-order valence-corrected chi connectivity index (χ1v) is 7.90. The van der Waals surface area contributed by atoms with Gasteiger partial charge in [-0.25, -0.2) is 4.79 Å². The van der Waals surface area contributed by atoms with Gasteiger partial charge in [-0.15, -0.1) is 0 Å². The standard InChI is InChI=1S/C17H22N4O2/c1-21-11-13(10-20-21)6-7-18-17(22)19-9-14-8-15-4-2-3-5-16(15)23-12-14/h2-5,10-11,14H,6-9,12H2,1H3,(H2,18,19,22)/t14-/m0/s1. The molecule has 1 aliphatic rings. The normalized spacial score (nSPS) is 16.3. The number of benzene rings is 1. The van der Waals surface area contributed by atoms with Gasteiger partial charge in [0.15, 0.2) is 0 Å². The maximum Gasteiger partial charge on any atom is 0.314 e. The minimum Gasteiger partial charge on any atom is -0.493 e. The molecule has 1 aromatic heterocycles. The number of ether oxygens (including phenoxy) is 1. The second-order valence-electron chi connectivity index (χ2n) is 5.90. The van der Waals surface area contributed by atoms with Crippen molar-refractivity contribution < 1.29 is 9.53 Å². The molecule has 0 spiro atoms. The third kappa shape index (κ3) is 4.25. The van der Waals surface area contributed by atoms with Gasteiger partial charge in [0, 0.05) is 32.3 Å². The van der Waals surface area contributed by atoms with Gasteiger partial charge in [0.05, 0.1) is 12.8 Å². The Hall–Kier alpha value is -2.50. The number of amides is 2. The average Bonchev–Trinajstić information content (AvgIpc) is 2.98. The zero-order chi connectivity index (χ0) is 16.1. The van der Waals surface area contributed by atoms with Crippen LogP contribution in [-0.2, 0) is 19.9 Å². The molecule has 1 atom stereocenters. The van der Waals surface area contributed by atoms with Crippen LogP contribution in [-0.4, -0.2) is 35.5 Å². The van der Waals surface area contributed by atoms with E-state index in [1.165, 1.54) is 5.56 Å². The minimum absolute atomic E-state index is 0.132. The van der Waals surface area contributed by atoms with Crippen molar-refractivity contribution in [3.05, 3.63) is 47.8 Å². The smallest absolute Gasteiger partial charge is 0.314 e. The van der Waals surface area contributed by atoms with Gasteiger partial charge < -0.3 is 15.4 Å². The van der Waals surface area contributed by atoms with Crippen molar-refractivity contribution in [1.82, 2.24) is 20.4 Å². The first-order chi connectivity index (χ1) is 11.2. The summed E-state index contributed by atoms with van der Waals surface area (Å²) in [6.45, 7) is 1.86. The topological polar surface area (TPSA) is 68.2 Å². The maximum absolute atomic E-state index is 11.8. The zero-order valence-electron chi connectivity index (χ0n) is 13.3. The van der Waals surface area contributed by atoms with E-state index < -0.39 is 0 Å². The lowest BCUT2D eigenvalue weighted by Crippen LogP contribution is -2.41. The molecule has 0 saturated heterocycles. The monoisotopic (exact) mass is 314 g/mol. The third-order valence-electron chi connectivity index (χ3n) is 3.96. The van der Waals surface area contributed by atoms with Gasteiger partial charge >= 0.3 is 6.03 Å². The van der Waals surface area contributed by atoms with Gasteiger partial charge in [0.1, 0.15) is 5.75 Å². The molecule has 122 valence electrons. The Labute approximate surface area is 135 Å². The van der Waals surface area contributed by atoms with Gasteiger partial charge in [-0.1, -0.05) is 18.2 Å². The van der Waals surface area contributed by atoms with Crippen molar-refractivity contribution >= 4 is 6.03 Å². The largest absolute Gasteiger partial charge is 0.493 e. The first-order valence-electron chi connectivity index (χ1n) is 7.90. The highest BCUT2D eigenvalue weighted by Gasteiger charge is 2.19. The molecule has 0 bridgehead atoms. The molecule has 2 aromatic rings. The maximum atomic E-state index is 11.8. The van der Waals surface area contributed by atoms with E-state index in [2.05, 4.69) is 21.8 Å². The number of para-hydroxylation sites is 1. The van der Waals surface area contributed by atoms with E-state index in [1.807, 2.05) is 37.6 Å². The minimum atomic E-state index is -0.132. The van der Waals surface area contributed by atoms with E-state index in [-0.39, 0.29) is 6.03 Å². The molecular weight excluding hydrogens is 292 g/mol. The molecule has 0 saturated carbocycles. The van der Waals surface area contributed by atoms with E-state index in [0.717, 1.165) is 24.2 Å². The van der Waals surface area contributed by atoms with Crippen LogP contribution in [0.2, 0.25) is 0 Å². The predicted molar refractivity (Wildman–Crippen MR) is 87.4 cm³/mol. The lowest BCUT2D eigenvalue weighted by atomic mass is 9.97. The number of aryl methyl sites for hydroxylation is 1. The Morgan fingerprint density at radius 1 is 1.39 bits per heavy atom. The summed E-state index contributed by atoms with van der Waals surface area (Å²) in [5, 5.41) is 9.90. The van der Waals surface area contributed by atoms with E-state index in [1.54, 1.807) is 4.68 Å². The van der Waals surface area contributed by atoms with Crippen LogP contribution >= 0.6 is 0 Å². The van der Waals surface area contributed by atoms with Crippen molar-refractivity contribution in [3.8, 4) is 5.75 Å². The van der Waals surface area contributed by atoms with Crippen molar-refractivity contribution in [1.29, 1.82) is 0 Å². The van der Waals surface area contributed by atoms with Crippen molar-refractivity contribution in [2.24, 2.45) is 13.0 Å². The molecule has 0 radical (unpaired) electrons. The number of rotatable bonds is 5. The van der Waals surface area contributed by atoms with Crippen molar-refractivity contribution in [2.45, 2.75) is 12.8 Å². The number of nitrogens with zero attached hydrogens (tertiary/aromatic N) is 2. The molecule has 2 N–H and O–H groups in total. The van der Waals surface area contributed by atoms with Crippen LogP contribution in [0.1, 0.15) is 11.1 Å². The number of fused-ring (bicyclic) bond motifs is 1. The fourth-order valence-electron chi connectivity index (χ4n) is 2.74. The van der Waals surface area contributed by atoms with Crippen LogP contribution in [0.4, 0.5) is 4.79 Å². The van der Waals surface area contributed by atoms with Gasteiger partial charge in [0.2, 0.25) is 0 Å². The molecule has 6 nitrogen and oxygen atoms in total. The van der Waals surface area contributed by atoms with Gasteiger partial charge in [-0.05, 0) is 30.0 Å². The number of hydrogen-bond donors (Lipinski definition) is 2. The number of carbonyl (C=O) groups is 1. The van der Waals surface area contributed by atoms with Crippen LogP contribution in [0, 0.1) is 5.92 Å². The summed E-state index contributed by atoms with van der Waals surface area (Å²) in [5.74, 6) is 1.28. The summed E-state index contributed by atoms with van der Waals surface area (Å²) in [4.78, 5) is 11.8. The van der Waals surface area contributed by atoms with Crippen molar-refractivity contribution in [2.75, 3.05) is 19.7 Å². The third-order valence-corrected chi connectivity index (χ3v) is 3.96. The van der Waals surface area contributed by atoms with E-state index in [9.17, 15) is 4.79 Å². The SMILES string of the molecule is Cn1cc(CCNC(=O)NC[C@H]2COc3ccccc3C2)cn1. The van der Waals surface area contributed by atoms with Gasteiger partial charge in [-0.3, -0.25) is 4.68 Å². The molecule has 0 fully saturated rings. The fourth-order valence-corrected chi connectivity index (χ4v) is 2.74. The zero-order valence-corrected chi connectivity index (χ0v) is 13.3. The van der Waals surface area contributed by atoms with E-state index >= 15 is 0 Å². The predicted octanol–water partition coefficient (Wildman–Crippen LogP) is 1.51. The molecule has 2 heterocycles. The van der Waals surface area contributed by atoms with Crippen LogP contribution in [0.3, 0.4) is 0 Å². The highest BCUT2D eigenvalue weighted by atomic mass is 16.5. The summed E-state index contributed by atoms with van der Waals surface area (Å²) in [7, 11) is 1.88. The lowest BCUT2D eigenvalue weighted by molar-refractivity contribution is 0.211. The molecule has 1 aliphatic heterocycles. The molecular formula is C17H22N4O2. The number of nitrogens with one attached hydrogen (secondary N) is 2. The average molecular weight is 314 g/mol. The molecule has 1 aromatic carbocycles. The van der Waals surface area contributed by atoms with E-state index in [0.29, 0.717) is 25.6 Å². The molecule has 0 unspecified atom stereocenters. The molecule has 3 rings (SSSR count). The summed E-state index contributed by atoms with van der Waals surface area (Å²) in [6.07, 6.45) is 5.49. The summed E-state index contributed by atoms with van der Waals surface area (Å²) >= 11 is 0. The Kier molecular flexibility index (Phi) is 4.80. The molecule has 2 amide bonds. The Bertz CT molecular complexity index is 668. The second-order valence-corrected chi connectivity index (χ2v) is 5.90. The highest BCUT2D eigenvalue weighted by Crippen LogP contribution is 2.26. The van der Waals surface area contributed by atoms with Crippen LogP contribution in [0.25, 0.3) is 0 Å². The Morgan fingerprint density at radius 3 is 3.09 bits per heavy atom. The molecule has 0 aliphatic carbocycles. The molecule has 6 heteroatoms. The Morgan fingerprint density at radius 2 is 2.26 bits per heavy atom. The molecule has 23 heavy (non-hydrogen) atoms.